The van der Waals surface area contributed by atoms with Crippen molar-refractivity contribution in [3.63, 3.8) is 0 Å². The maximum absolute atomic E-state index is 5.31. The van der Waals surface area contributed by atoms with E-state index in [2.05, 4.69) is 21.5 Å². The largest absolute Gasteiger partial charge is 0.329 e. The van der Waals surface area contributed by atoms with Crippen LogP contribution in [0.4, 0.5) is 0 Å². The molecule has 0 radical (unpaired) electrons. The van der Waals surface area contributed by atoms with Crippen molar-refractivity contribution in [1.82, 2.24) is 14.5 Å². The van der Waals surface area contributed by atoms with E-state index in [0.29, 0.717) is 0 Å². The highest BCUT2D eigenvalue weighted by Gasteiger charge is 2.02. The number of H-pyrrole nitrogens is 1. The molecule has 0 aromatic carbocycles. The molecular weight excluding hydrogens is 218 g/mol. The summed E-state index contributed by atoms with van der Waals surface area (Å²) in [6, 6.07) is 2.02. The van der Waals surface area contributed by atoms with Crippen molar-refractivity contribution < 1.29 is 0 Å². The van der Waals surface area contributed by atoms with Crippen LogP contribution in [-0.4, -0.2) is 14.5 Å². The fourth-order valence-corrected chi connectivity index (χ4v) is 2.23. The van der Waals surface area contributed by atoms with Gasteiger partial charge in [-0.3, -0.25) is 4.98 Å². The van der Waals surface area contributed by atoms with E-state index in [1.807, 2.05) is 18.5 Å². The number of imidazole rings is 1. The third-order valence-corrected chi connectivity index (χ3v) is 3.13. The second kappa shape index (κ2) is 5.25. The van der Waals surface area contributed by atoms with Gasteiger partial charge in [0.2, 0.25) is 0 Å². The van der Waals surface area contributed by atoms with E-state index in [1.165, 1.54) is 25.7 Å². The fourth-order valence-electron chi connectivity index (χ4n) is 1.93. The molecule has 0 saturated heterocycles. The summed E-state index contributed by atoms with van der Waals surface area (Å²) in [5.74, 6) is 0. The number of hydrogen-bond donors (Lipinski definition) is 1. The van der Waals surface area contributed by atoms with Crippen LogP contribution in [0.1, 0.15) is 32.6 Å². The summed E-state index contributed by atoms with van der Waals surface area (Å²) in [4.78, 5) is 7.27. The summed E-state index contributed by atoms with van der Waals surface area (Å²) < 4.78 is 2.97. The Balaban J connectivity index is 2.16. The van der Waals surface area contributed by atoms with Gasteiger partial charge in [0, 0.05) is 12.7 Å². The summed E-state index contributed by atoms with van der Waals surface area (Å²) in [5.41, 5.74) is 2.19. The van der Waals surface area contributed by atoms with Gasteiger partial charge in [0.1, 0.15) is 0 Å². The van der Waals surface area contributed by atoms with Crippen LogP contribution in [0, 0.1) is 4.77 Å². The number of fused-ring (bicyclic) bond motifs is 1. The van der Waals surface area contributed by atoms with Gasteiger partial charge in [-0.15, -0.1) is 0 Å². The van der Waals surface area contributed by atoms with Gasteiger partial charge in [-0.25, -0.2) is 0 Å². The standard InChI is InChI=1S/C12H17N3S/c1-2-3-4-5-8-15-11-6-7-13-9-10(11)14-12(15)16/h6-7,9H,2-5,8H2,1H3,(H,14,16). The van der Waals surface area contributed by atoms with Crippen molar-refractivity contribution in [3.05, 3.63) is 23.2 Å². The molecule has 86 valence electrons. The van der Waals surface area contributed by atoms with Crippen molar-refractivity contribution in [2.45, 2.75) is 39.2 Å². The van der Waals surface area contributed by atoms with E-state index >= 15 is 0 Å². The smallest absolute Gasteiger partial charge is 0.178 e. The number of unbranched alkanes of at least 4 members (excludes halogenated alkanes) is 3. The summed E-state index contributed by atoms with van der Waals surface area (Å²) in [6.07, 6.45) is 8.68. The Kier molecular flexibility index (Phi) is 3.72. The summed E-state index contributed by atoms with van der Waals surface area (Å²) in [7, 11) is 0. The number of aryl methyl sites for hydroxylation is 1. The Labute approximate surface area is 101 Å². The van der Waals surface area contributed by atoms with Gasteiger partial charge in [-0.1, -0.05) is 26.2 Å². The first-order valence-electron chi connectivity index (χ1n) is 5.85. The Bertz CT molecular complexity index is 512. The molecule has 0 aliphatic carbocycles. The SMILES string of the molecule is CCCCCCn1c(=S)[nH]c2cnccc21. The molecule has 2 aromatic rings. The maximum atomic E-state index is 5.31. The number of aromatic amines is 1. The third kappa shape index (κ3) is 2.32. The third-order valence-electron chi connectivity index (χ3n) is 2.81. The highest BCUT2D eigenvalue weighted by molar-refractivity contribution is 7.71. The van der Waals surface area contributed by atoms with Gasteiger partial charge in [-0.2, -0.15) is 0 Å². The minimum absolute atomic E-state index is 0.805. The predicted octanol–water partition coefficient (Wildman–Crippen LogP) is 3.67. The van der Waals surface area contributed by atoms with Crippen molar-refractivity contribution >= 4 is 23.3 Å². The molecule has 3 nitrogen and oxygen atoms in total. The fraction of sp³-hybridized carbons (Fsp3) is 0.500. The number of rotatable bonds is 5. The van der Waals surface area contributed by atoms with Gasteiger partial charge in [0.25, 0.3) is 0 Å². The van der Waals surface area contributed by atoms with Crippen LogP contribution < -0.4 is 0 Å². The van der Waals surface area contributed by atoms with Gasteiger partial charge < -0.3 is 9.55 Å². The number of hydrogen-bond acceptors (Lipinski definition) is 2. The number of nitrogens with zero attached hydrogens (tertiary/aromatic N) is 2. The monoisotopic (exact) mass is 235 g/mol. The van der Waals surface area contributed by atoms with Gasteiger partial charge in [0.05, 0.1) is 17.2 Å². The van der Waals surface area contributed by atoms with E-state index < -0.39 is 0 Å². The van der Waals surface area contributed by atoms with Crippen molar-refractivity contribution in [3.8, 4) is 0 Å². The molecule has 0 bridgehead atoms. The first kappa shape index (κ1) is 11.3. The lowest BCUT2D eigenvalue weighted by atomic mass is 10.2. The minimum Gasteiger partial charge on any atom is -0.329 e. The Morgan fingerprint density at radius 2 is 2.25 bits per heavy atom. The highest BCUT2D eigenvalue weighted by atomic mass is 32.1. The summed E-state index contributed by atoms with van der Waals surface area (Å²) >= 11 is 5.31. The molecule has 0 atom stereocenters. The lowest BCUT2D eigenvalue weighted by molar-refractivity contribution is 0.587. The van der Waals surface area contributed by atoms with Crippen LogP contribution >= 0.6 is 12.2 Å². The zero-order valence-corrected chi connectivity index (χ0v) is 10.4. The molecule has 2 heterocycles. The van der Waals surface area contributed by atoms with E-state index in [1.54, 1.807) is 0 Å². The highest BCUT2D eigenvalue weighted by Crippen LogP contribution is 2.13. The Morgan fingerprint density at radius 3 is 3.06 bits per heavy atom. The van der Waals surface area contributed by atoms with Gasteiger partial charge in [-0.05, 0) is 24.7 Å². The van der Waals surface area contributed by atoms with Crippen LogP contribution in [-0.2, 0) is 6.54 Å². The first-order chi connectivity index (χ1) is 7.83. The Morgan fingerprint density at radius 1 is 1.38 bits per heavy atom. The van der Waals surface area contributed by atoms with E-state index in [4.69, 9.17) is 12.2 Å². The molecule has 0 fully saturated rings. The molecule has 0 aliphatic heterocycles. The van der Waals surface area contributed by atoms with Crippen LogP contribution in [0.5, 0.6) is 0 Å². The molecule has 4 heteroatoms. The Hall–Kier alpha value is -1.16. The van der Waals surface area contributed by atoms with Crippen LogP contribution in [0.25, 0.3) is 11.0 Å². The molecule has 2 aromatic heterocycles. The van der Waals surface area contributed by atoms with Crippen LogP contribution in [0.2, 0.25) is 0 Å². The molecule has 0 spiro atoms. The molecule has 2 rings (SSSR count). The van der Waals surface area contributed by atoms with E-state index in [-0.39, 0.29) is 0 Å². The zero-order chi connectivity index (χ0) is 11.4. The molecule has 1 N–H and O–H groups in total. The van der Waals surface area contributed by atoms with Gasteiger partial charge in [0.15, 0.2) is 4.77 Å². The number of aromatic nitrogens is 3. The molecular formula is C12H17N3S. The molecule has 0 unspecified atom stereocenters. The second-order valence-electron chi connectivity index (χ2n) is 4.04. The van der Waals surface area contributed by atoms with Crippen LogP contribution in [0.15, 0.2) is 18.5 Å². The lowest BCUT2D eigenvalue weighted by Crippen LogP contribution is -1.97. The summed E-state index contributed by atoms with van der Waals surface area (Å²) in [5, 5.41) is 0. The number of nitrogens with one attached hydrogen (secondary N) is 1. The van der Waals surface area contributed by atoms with Crippen LogP contribution in [0.3, 0.4) is 0 Å². The van der Waals surface area contributed by atoms with Crippen molar-refractivity contribution in [1.29, 1.82) is 0 Å². The molecule has 0 amide bonds. The number of pyridine rings is 1. The van der Waals surface area contributed by atoms with Crippen molar-refractivity contribution in [2.75, 3.05) is 0 Å². The maximum Gasteiger partial charge on any atom is 0.178 e. The summed E-state index contributed by atoms with van der Waals surface area (Å²) in [6.45, 7) is 3.23. The second-order valence-corrected chi connectivity index (χ2v) is 4.42. The normalized spacial score (nSPS) is 11.1. The van der Waals surface area contributed by atoms with Crippen molar-refractivity contribution in [2.24, 2.45) is 0 Å². The van der Waals surface area contributed by atoms with Gasteiger partial charge >= 0.3 is 0 Å². The topological polar surface area (TPSA) is 33.6 Å². The average molecular weight is 235 g/mol. The lowest BCUT2D eigenvalue weighted by Gasteiger charge is -2.03. The van der Waals surface area contributed by atoms with E-state index in [9.17, 15) is 0 Å². The molecule has 16 heavy (non-hydrogen) atoms. The minimum atomic E-state index is 0.805. The predicted molar refractivity (Wildman–Crippen MR) is 69.1 cm³/mol. The van der Waals surface area contributed by atoms with E-state index in [0.717, 1.165) is 22.3 Å². The first-order valence-corrected chi connectivity index (χ1v) is 6.26. The average Bonchev–Trinajstić information content (AvgIpc) is 2.61. The quantitative estimate of drug-likeness (QED) is 0.633. The zero-order valence-electron chi connectivity index (χ0n) is 9.57. The molecule has 0 saturated carbocycles. The molecule has 0 aliphatic rings.